The Morgan fingerprint density at radius 1 is 0.941 bits per heavy atom. The molecule has 3 rings (SSSR count). The summed E-state index contributed by atoms with van der Waals surface area (Å²) >= 11 is 6.26. The summed E-state index contributed by atoms with van der Waals surface area (Å²) in [5.41, 5.74) is 4.03. The molecule has 0 aliphatic carbocycles. The molecule has 1 N–H and O–H groups in total. The van der Waals surface area contributed by atoms with E-state index in [9.17, 15) is 13.2 Å². The quantitative estimate of drug-likeness (QED) is 0.421. The van der Waals surface area contributed by atoms with Crippen molar-refractivity contribution in [2.24, 2.45) is 0 Å². The molecule has 0 spiro atoms. The van der Waals surface area contributed by atoms with Gasteiger partial charge in [-0.05, 0) is 74.7 Å². The van der Waals surface area contributed by atoms with Crippen LogP contribution < -0.4 is 14.4 Å². The van der Waals surface area contributed by atoms with Crippen LogP contribution in [0.3, 0.4) is 0 Å². The molecular weight excluding hydrogens is 472 g/mol. The number of hydrogen-bond donors (Lipinski definition) is 1. The number of aryl methyl sites for hydroxylation is 2. The predicted octanol–water partition coefficient (Wildman–Crippen LogP) is 4.96. The molecule has 3 aromatic carbocycles. The third kappa shape index (κ3) is 5.90. The Morgan fingerprint density at radius 2 is 1.62 bits per heavy atom. The Morgan fingerprint density at radius 3 is 2.32 bits per heavy atom. The van der Waals surface area contributed by atoms with E-state index in [-0.39, 0.29) is 24.6 Å². The summed E-state index contributed by atoms with van der Waals surface area (Å²) in [6.07, 6.45) is 0. The SMILES string of the molecule is Cc1ccc(S(=O)(=O)N(CC(=O)NCCOc2cccc(C)c2C)c2cccc(Cl)c2C)cc1. The zero-order chi connectivity index (χ0) is 24.9. The fourth-order valence-electron chi connectivity index (χ4n) is 3.42. The first-order valence-electron chi connectivity index (χ1n) is 10.9. The molecule has 3 aromatic rings. The molecule has 0 radical (unpaired) electrons. The van der Waals surface area contributed by atoms with Gasteiger partial charge in [0.1, 0.15) is 18.9 Å². The number of carbonyl (C=O) groups excluding carboxylic acids is 1. The number of nitrogens with zero attached hydrogens (tertiary/aromatic N) is 1. The molecule has 180 valence electrons. The number of hydrogen-bond acceptors (Lipinski definition) is 4. The van der Waals surface area contributed by atoms with E-state index < -0.39 is 15.9 Å². The van der Waals surface area contributed by atoms with Crippen molar-refractivity contribution >= 4 is 33.2 Å². The van der Waals surface area contributed by atoms with E-state index in [0.717, 1.165) is 26.7 Å². The standard InChI is InChI=1S/C26H29ClN2O4S/c1-18-11-13-22(14-12-18)34(31,32)29(24-9-6-8-23(27)21(24)4)17-26(30)28-15-16-33-25-10-5-7-19(2)20(25)3/h5-14H,15-17H2,1-4H3,(H,28,30). The lowest BCUT2D eigenvalue weighted by Gasteiger charge is -2.26. The third-order valence-electron chi connectivity index (χ3n) is 5.64. The third-order valence-corrected chi connectivity index (χ3v) is 7.82. The maximum Gasteiger partial charge on any atom is 0.264 e. The predicted molar refractivity (Wildman–Crippen MR) is 136 cm³/mol. The second-order valence-corrected chi connectivity index (χ2v) is 10.4. The van der Waals surface area contributed by atoms with Gasteiger partial charge in [0.05, 0.1) is 17.1 Å². The molecule has 0 bridgehead atoms. The van der Waals surface area contributed by atoms with Gasteiger partial charge in [0.15, 0.2) is 0 Å². The minimum Gasteiger partial charge on any atom is -0.491 e. The van der Waals surface area contributed by atoms with E-state index in [1.807, 2.05) is 39.0 Å². The largest absolute Gasteiger partial charge is 0.491 e. The first-order chi connectivity index (χ1) is 16.1. The number of halogens is 1. The average molecular weight is 501 g/mol. The highest BCUT2D eigenvalue weighted by Gasteiger charge is 2.28. The molecule has 0 saturated heterocycles. The van der Waals surface area contributed by atoms with Gasteiger partial charge in [-0.3, -0.25) is 9.10 Å². The van der Waals surface area contributed by atoms with Crippen LogP contribution in [0.25, 0.3) is 0 Å². The monoisotopic (exact) mass is 500 g/mol. The molecule has 6 nitrogen and oxygen atoms in total. The van der Waals surface area contributed by atoms with Crippen LogP contribution in [-0.4, -0.2) is 34.0 Å². The number of amides is 1. The van der Waals surface area contributed by atoms with Gasteiger partial charge < -0.3 is 10.1 Å². The second-order valence-electron chi connectivity index (χ2n) is 8.11. The summed E-state index contributed by atoms with van der Waals surface area (Å²) in [4.78, 5) is 12.9. The zero-order valence-electron chi connectivity index (χ0n) is 19.8. The molecule has 0 unspecified atom stereocenters. The Hall–Kier alpha value is -3.03. The summed E-state index contributed by atoms with van der Waals surface area (Å²) in [6, 6.07) is 17.3. The molecule has 0 fully saturated rings. The maximum absolute atomic E-state index is 13.5. The fraction of sp³-hybridized carbons (Fsp3) is 0.269. The number of sulfonamides is 1. The van der Waals surface area contributed by atoms with Crippen LogP contribution in [0, 0.1) is 27.7 Å². The molecule has 8 heteroatoms. The van der Waals surface area contributed by atoms with Gasteiger partial charge in [0.2, 0.25) is 5.91 Å². The highest BCUT2D eigenvalue weighted by Crippen LogP contribution is 2.30. The van der Waals surface area contributed by atoms with Crippen LogP contribution in [0.4, 0.5) is 5.69 Å². The number of nitrogens with one attached hydrogen (secondary N) is 1. The number of rotatable bonds is 9. The smallest absolute Gasteiger partial charge is 0.264 e. The van der Waals surface area contributed by atoms with E-state index in [0.29, 0.717) is 16.3 Å². The highest BCUT2D eigenvalue weighted by atomic mass is 35.5. The Labute approximate surface area is 206 Å². The summed E-state index contributed by atoms with van der Waals surface area (Å²) < 4.78 is 33.9. The summed E-state index contributed by atoms with van der Waals surface area (Å²) in [6.45, 7) is 7.69. The summed E-state index contributed by atoms with van der Waals surface area (Å²) in [7, 11) is -4.01. The highest BCUT2D eigenvalue weighted by molar-refractivity contribution is 7.92. The van der Waals surface area contributed by atoms with Gasteiger partial charge in [0.25, 0.3) is 10.0 Å². The molecule has 0 aliphatic rings. The molecule has 0 saturated carbocycles. The first kappa shape index (κ1) is 25.6. The van der Waals surface area contributed by atoms with Crippen LogP contribution in [0.5, 0.6) is 5.75 Å². The second kappa shape index (κ2) is 10.9. The Kier molecular flexibility index (Phi) is 8.23. The normalized spacial score (nSPS) is 11.2. The molecule has 0 aliphatic heterocycles. The van der Waals surface area contributed by atoms with Crippen molar-refractivity contribution in [3.05, 3.63) is 87.9 Å². The van der Waals surface area contributed by atoms with Gasteiger partial charge in [-0.15, -0.1) is 0 Å². The van der Waals surface area contributed by atoms with Gasteiger partial charge >= 0.3 is 0 Å². The van der Waals surface area contributed by atoms with Gasteiger partial charge in [-0.25, -0.2) is 8.42 Å². The van der Waals surface area contributed by atoms with E-state index in [1.165, 1.54) is 12.1 Å². The molecule has 0 heterocycles. The van der Waals surface area contributed by atoms with E-state index in [2.05, 4.69) is 5.32 Å². The van der Waals surface area contributed by atoms with Crippen molar-refractivity contribution < 1.29 is 17.9 Å². The van der Waals surface area contributed by atoms with Crippen LogP contribution in [0.2, 0.25) is 5.02 Å². The first-order valence-corrected chi connectivity index (χ1v) is 12.7. The lowest BCUT2D eigenvalue weighted by atomic mass is 10.1. The van der Waals surface area contributed by atoms with Crippen molar-refractivity contribution in [1.29, 1.82) is 0 Å². The lowest BCUT2D eigenvalue weighted by Crippen LogP contribution is -2.42. The fourth-order valence-corrected chi connectivity index (χ4v) is 5.07. The summed E-state index contributed by atoms with van der Waals surface area (Å²) in [5, 5.41) is 3.17. The van der Waals surface area contributed by atoms with Crippen molar-refractivity contribution in [2.75, 3.05) is 24.0 Å². The lowest BCUT2D eigenvalue weighted by molar-refractivity contribution is -0.119. The van der Waals surface area contributed by atoms with Crippen LogP contribution in [0.15, 0.2) is 65.6 Å². The van der Waals surface area contributed by atoms with Crippen molar-refractivity contribution in [3.63, 3.8) is 0 Å². The molecule has 1 amide bonds. The van der Waals surface area contributed by atoms with Gasteiger partial charge in [-0.1, -0.05) is 47.5 Å². The van der Waals surface area contributed by atoms with Crippen molar-refractivity contribution in [1.82, 2.24) is 5.32 Å². The Bertz CT molecular complexity index is 1270. The number of ether oxygens (including phenoxy) is 1. The topological polar surface area (TPSA) is 75.7 Å². The zero-order valence-corrected chi connectivity index (χ0v) is 21.3. The van der Waals surface area contributed by atoms with Crippen LogP contribution >= 0.6 is 11.6 Å². The van der Waals surface area contributed by atoms with Crippen molar-refractivity contribution in [2.45, 2.75) is 32.6 Å². The van der Waals surface area contributed by atoms with Crippen LogP contribution in [0.1, 0.15) is 22.3 Å². The van der Waals surface area contributed by atoms with Gasteiger partial charge in [0, 0.05) is 5.02 Å². The number of anilines is 1. The molecule has 0 aromatic heterocycles. The van der Waals surface area contributed by atoms with Gasteiger partial charge in [-0.2, -0.15) is 0 Å². The number of carbonyl (C=O) groups is 1. The Balaban J connectivity index is 1.76. The average Bonchev–Trinajstić information content (AvgIpc) is 2.80. The van der Waals surface area contributed by atoms with Crippen molar-refractivity contribution in [3.8, 4) is 5.75 Å². The minimum absolute atomic E-state index is 0.100. The molecule has 34 heavy (non-hydrogen) atoms. The molecular formula is C26H29ClN2O4S. The van der Waals surface area contributed by atoms with E-state index in [4.69, 9.17) is 16.3 Å². The van der Waals surface area contributed by atoms with E-state index in [1.54, 1.807) is 37.3 Å². The van der Waals surface area contributed by atoms with E-state index >= 15 is 0 Å². The molecule has 0 atom stereocenters. The minimum atomic E-state index is -4.01. The maximum atomic E-state index is 13.5. The summed E-state index contributed by atoms with van der Waals surface area (Å²) in [5.74, 6) is 0.312. The van der Waals surface area contributed by atoms with Crippen LogP contribution in [-0.2, 0) is 14.8 Å². The number of benzene rings is 3.